The number of nitrogens with zero attached hydrogens (tertiary/aromatic N) is 3. The molecular weight excluding hydrogens is 424 g/mol. The van der Waals surface area contributed by atoms with Gasteiger partial charge in [-0.05, 0) is 35.7 Å². The summed E-state index contributed by atoms with van der Waals surface area (Å²) >= 11 is 6.26. The molecule has 7 heteroatoms. The Balaban J connectivity index is 1.40. The molecular formula is C25H23ClN4O2. The number of ether oxygens (including phenoxy) is 1. The van der Waals surface area contributed by atoms with Crippen LogP contribution in [0.25, 0.3) is 5.69 Å². The van der Waals surface area contributed by atoms with E-state index < -0.39 is 0 Å². The van der Waals surface area contributed by atoms with E-state index in [-0.39, 0.29) is 11.6 Å². The lowest BCUT2D eigenvalue weighted by Gasteiger charge is -2.11. The van der Waals surface area contributed by atoms with Crippen molar-refractivity contribution < 1.29 is 9.53 Å². The summed E-state index contributed by atoms with van der Waals surface area (Å²) < 4.78 is 7.44. The number of amides is 1. The van der Waals surface area contributed by atoms with Crippen molar-refractivity contribution in [3.63, 3.8) is 0 Å². The highest BCUT2D eigenvalue weighted by atomic mass is 35.5. The minimum absolute atomic E-state index is 0.266. The summed E-state index contributed by atoms with van der Waals surface area (Å²) in [5.74, 6) is -0.291. The number of hydrogen-bond donors (Lipinski definition) is 1. The summed E-state index contributed by atoms with van der Waals surface area (Å²) in [5, 5.41) is 11.7. The highest BCUT2D eigenvalue weighted by Gasteiger charge is 2.18. The van der Waals surface area contributed by atoms with Crippen LogP contribution >= 0.6 is 11.6 Å². The Bertz CT molecular complexity index is 1210. The van der Waals surface area contributed by atoms with Gasteiger partial charge in [0.1, 0.15) is 0 Å². The maximum atomic E-state index is 12.8. The molecule has 4 rings (SSSR count). The molecule has 0 spiro atoms. The van der Waals surface area contributed by atoms with Gasteiger partial charge in [-0.3, -0.25) is 4.79 Å². The summed E-state index contributed by atoms with van der Waals surface area (Å²) in [5.41, 5.74) is 4.71. The fourth-order valence-electron chi connectivity index (χ4n) is 3.37. The Morgan fingerprint density at radius 2 is 1.62 bits per heavy atom. The van der Waals surface area contributed by atoms with Gasteiger partial charge in [-0.25, -0.2) is 4.68 Å². The number of carbonyl (C=O) groups is 1. The average molecular weight is 447 g/mol. The van der Waals surface area contributed by atoms with Crippen LogP contribution in [0.15, 0.2) is 78.9 Å². The second-order valence-electron chi connectivity index (χ2n) is 7.32. The van der Waals surface area contributed by atoms with E-state index in [4.69, 9.17) is 16.3 Å². The second kappa shape index (κ2) is 10.2. The first kappa shape index (κ1) is 21.7. The van der Waals surface area contributed by atoms with Crippen LogP contribution < -0.4 is 5.32 Å². The van der Waals surface area contributed by atoms with E-state index in [0.29, 0.717) is 36.2 Å². The number of aromatic nitrogens is 3. The number of benzene rings is 3. The molecule has 32 heavy (non-hydrogen) atoms. The Labute approximate surface area is 191 Å². The Kier molecular flexibility index (Phi) is 6.94. The van der Waals surface area contributed by atoms with Gasteiger partial charge in [-0.1, -0.05) is 83.5 Å². The van der Waals surface area contributed by atoms with Crippen molar-refractivity contribution in [2.75, 3.05) is 0 Å². The first-order valence-electron chi connectivity index (χ1n) is 10.3. The monoisotopic (exact) mass is 446 g/mol. The Hall–Kier alpha value is -3.48. The van der Waals surface area contributed by atoms with Crippen molar-refractivity contribution in [2.24, 2.45) is 0 Å². The molecule has 3 aromatic carbocycles. The summed E-state index contributed by atoms with van der Waals surface area (Å²) in [7, 11) is 0. The molecule has 0 aliphatic rings. The van der Waals surface area contributed by atoms with Gasteiger partial charge >= 0.3 is 0 Å². The molecule has 0 aliphatic heterocycles. The number of nitrogens with one attached hydrogen (secondary N) is 1. The minimum atomic E-state index is -0.291. The van der Waals surface area contributed by atoms with Gasteiger partial charge in [0.15, 0.2) is 5.69 Å². The van der Waals surface area contributed by atoms with Gasteiger partial charge in [0.25, 0.3) is 5.91 Å². The highest BCUT2D eigenvalue weighted by molar-refractivity contribution is 6.32. The van der Waals surface area contributed by atoms with E-state index in [9.17, 15) is 4.79 Å². The second-order valence-corrected chi connectivity index (χ2v) is 7.72. The van der Waals surface area contributed by atoms with Crippen LogP contribution in [0.4, 0.5) is 0 Å². The molecule has 0 atom stereocenters. The molecule has 162 valence electrons. The quantitative estimate of drug-likeness (QED) is 0.419. The van der Waals surface area contributed by atoms with E-state index in [2.05, 4.69) is 15.6 Å². The van der Waals surface area contributed by atoms with Crippen molar-refractivity contribution in [2.45, 2.75) is 26.7 Å². The number of halogens is 1. The molecule has 0 saturated heterocycles. The van der Waals surface area contributed by atoms with E-state index in [1.54, 1.807) is 17.7 Å². The highest BCUT2D eigenvalue weighted by Crippen LogP contribution is 2.21. The van der Waals surface area contributed by atoms with Crippen molar-refractivity contribution in [1.29, 1.82) is 0 Å². The molecule has 0 fully saturated rings. The predicted molar refractivity (Wildman–Crippen MR) is 124 cm³/mol. The lowest BCUT2D eigenvalue weighted by molar-refractivity contribution is 0.0942. The summed E-state index contributed by atoms with van der Waals surface area (Å²) in [6.45, 7) is 3.15. The van der Waals surface area contributed by atoms with Gasteiger partial charge in [0.2, 0.25) is 0 Å². The normalized spacial score (nSPS) is 10.8. The van der Waals surface area contributed by atoms with Crippen LogP contribution in [0.5, 0.6) is 0 Å². The molecule has 1 heterocycles. The smallest absolute Gasteiger partial charge is 0.274 e. The van der Waals surface area contributed by atoms with Crippen LogP contribution in [0, 0.1) is 6.92 Å². The predicted octanol–water partition coefficient (Wildman–Crippen LogP) is 4.88. The largest absolute Gasteiger partial charge is 0.372 e. The maximum absolute atomic E-state index is 12.8. The first-order chi connectivity index (χ1) is 15.6. The molecule has 0 unspecified atom stereocenters. The zero-order valence-corrected chi connectivity index (χ0v) is 18.4. The van der Waals surface area contributed by atoms with Gasteiger partial charge in [-0.15, -0.1) is 5.10 Å². The van der Waals surface area contributed by atoms with Crippen molar-refractivity contribution in [3.05, 3.63) is 112 Å². The topological polar surface area (TPSA) is 69.0 Å². The molecule has 6 nitrogen and oxygen atoms in total. The average Bonchev–Trinajstić information content (AvgIpc) is 3.20. The van der Waals surface area contributed by atoms with Crippen molar-refractivity contribution in [1.82, 2.24) is 20.3 Å². The van der Waals surface area contributed by atoms with Crippen molar-refractivity contribution >= 4 is 17.5 Å². The van der Waals surface area contributed by atoms with Crippen LogP contribution in [-0.4, -0.2) is 20.9 Å². The van der Waals surface area contributed by atoms with Crippen LogP contribution in [0.1, 0.15) is 32.9 Å². The van der Waals surface area contributed by atoms with E-state index in [1.165, 1.54) is 0 Å². The summed E-state index contributed by atoms with van der Waals surface area (Å²) in [4.78, 5) is 12.8. The lowest BCUT2D eigenvalue weighted by atomic mass is 10.1. The standard InChI is InChI=1S/C25H23ClN4O2/c1-18-24(28-29-30(18)23-14-8-7-13-22(23)26)25(31)27-15-20-11-5-6-12-21(20)17-32-16-19-9-3-2-4-10-19/h2-14H,15-17H2,1H3,(H,27,31). The third kappa shape index (κ3) is 5.04. The van der Waals surface area contributed by atoms with Gasteiger partial charge in [-0.2, -0.15) is 0 Å². The molecule has 0 radical (unpaired) electrons. The van der Waals surface area contributed by atoms with Gasteiger partial charge in [0, 0.05) is 6.54 Å². The number of rotatable bonds is 8. The number of carbonyl (C=O) groups excluding carboxylic acids is 1. The summed E-state index contributed by atoms with van der Waals surface area (Å²) in [6, 6.07) is 25.2. The third-order valence-corrected chi connectivity index (χ3v) is 5.44. The van der Waals surface area contributed by atoms with E-state index in [0.717, 1.165) is 16.7 Å². The molecule has 0 aliphatic carbocycles. The number of para-hydroxylation sites is 1. The maximum Gasteiger partial charge on any atom is 0.274 e. The lowest BCUT2D eigenvalue weighted by Crippen LogP contribution is -2.24. The molecule has 1 aromatic heterocycles. The van der Waals surface area contributed by atoms with Crippen LogP contribution in [0.2, 0.25) is 5.02 Å². The Morgan fingerprint density at radius 3 is 2.41 bits per heavy atom. The first-order valence-corrected chi connectivity index (χ1v) is 10.6. The minimum Gasteiger partial charge on any atom is -0.372 e. The molecule has 4 aromatic rings. The molecule has 1 N–H and O–H groups in total. The third-order valence-electron chi connectivity index (χ3n) is 5.12. The SMILES string of the molecule is Cc1c(C(=O)NCc2ccccc2COCc2ccccc2)nnn1-c1ccccc1Cl. The van der Waals surface area contributed by atoms with E-state index >= 15 is 0 Å². The van der Waals surface area contributed by atoms with Crippen LogP contribution in [0.3, 0.4) is 0 Å². The van der Waals surface area contributed by atoms with Gasteiger partial charge < -0.3 is 10.1 Å². The van der Waals surface area contributed by atoms with E-state index in [1.807, 2.05) is 72.8 Å². The van der Waals surface area contributed by atoms with Crippen molar-refractivity contribution in [3.8, 4) is 5.69 Å². The Morgan fingerprint density at radius 1 is 0.938 bits per heavy atom. The fraction of sp³-hybridized carbons (Fsp3) is 0.160. The number of hydrogen-bond acceptors (Lipinski definition) is 4. The molecule has 1 amide bonds. The fourth-order valence-corrected chi connectivity index (χ4v) is 3.59. The summed E-state index contributed by atoms with van der Waals surface area (Å²) in [6.07, 6.45) is 0. The molecule has 0 bridgehead atoms. The zero-order chi connectivity index (χ0) is 22.3. The van der Waals surface area contributed by atoms with Gasteiger partial charge in [0.05, 0.1) is 29.6 Å². The zero-order valence-electron chi connectivity index (χ0n) is 17.7. The molecule has 0 saturated carbocycles. The van der Waals surface area contributed by atoms with Crippen LogP contribution in [-0.2, 0) is 24.5 Å².